The van der Waals surface area contributed by atoms with E-state index in [4.69, 9.17) is 11.6 Å². The van der Waals surface area contributed by atoms with Crippen molar-refractivity contribution in [2.24, 2.45) is 0 Å². The van der Waals surface area contributed by atoms with Crippen molar-refractivity contribution in [2.75, 3.05) is 22.7 Å². The Labute approximate surface area is 221 Å². The summed E-state index contributed by atoms with van der Waals surface area (Å²) >= 11 is 6.06. The number of sulfonamides is 1. The third-order valence-electron chi connectivity index (χ3n) is 6.45. The molecule has 1 unspecified atom stereocenters. The molecule has 0 spiro atoms. The zero-order valence-electron chi connectivity index (χ0n) is 20.3. The lowest BCUT2D eigenvalue weighted by Crippen LogP contribution is -2.35. The highest BCUT2D eigenvalue weighted by Gasteiger charge is 2.36. The Morgan fingerprint density at radius 2 is 1.86 bits per heavy atom. The van der Waals surface area contributed by atoms with Crippen LogP contribution < -0.4 is 14.9 Å². The molecule has 0 saturated carbocycles. The van der Waals surface area contributed by atoms with Gasteiger partial charge in [-0.2, -0.15) is 0 Å². The number of fused-ring (bicyclic) bond motifs is 2. The largest absolute Gasteiger partial charge is 0.384 e. The Bertz CT molecular complexity index is 1560. The number of aromatic nitrogens is 1. The minimum Gasteiger partial charge on any atom is -0.384 e. The Hall–Kier alpha value is -3.62. The predicted octanol–water partition coefficient (Wildman–Crippen LogP) is 5.26. The number of pyridine rings is 1. The van der Waals surface area contributed by atoms with Crippen molar-refractivity contribution >= 4 is 49.8 Å². The molecule has 0 saturated heterocycles. The summed E-state index contributed by atoms with van der Waals surface area (Å²) in [6.45, 7) is 3.06. The van der Waals surface area contributed by atoms with Gasteiger partial charge in [-0.05, 0) is 79.9 Å². The summed E-state index contributed by atoms with van der Waals surface area (Å²) in [7, 11) is -3.68. The molecule has 1 atom stereocenters. The summed E-state index contributed by atoms with van der Waals surface area (Å²) in [4.78, 5) is 17.4. The van der Waals surface area contributed by atoms with Gasteiger partial charge in [0.2, 0.25) is 0 Å². The summed E-state index contributed by atoms with van der Waals surface area (Å²) in [5.41, 5.74) is 3.80. The molecule has 190 valence electrons. The van der Waals surface area contributed by atoms with Crippen LogP contribution in [0.1, 0.15) is 29.3 Å². The summed E-state index contributed by atoms with van der Waals surface area (Å²) in [6.07, 6.45) is 3.02. The summed E-state index contributed by atoms with van der Waals surface area (Å²) in [6, 6.07) is 20.9. The molecule has 1 aliphatic rings. The number of halogens is 1. The minimum absolute atomic E-state index is 0.177. The maximum atomic E-state index is 13.3. The fourth-order valence-corrected chi connectivity index (χ4v) is 6.59. The molecule has 1 aliphatic heterocycles. The molecule has 2 heterocycles. The number of anilines is 2. The SMILES string of the molecule is CC1Cc2cc(C(=O)NCCCNc3ccnc4cc(Cl)ccc34)ccc2N1S(=O)(=O)c1ccccc1. The van der Waals surface area contributed by atoms with Crippen LogP contribution in [0.3, 0.4) is 0 Å². The molecule has 2 N–H and O–H groups in total. The summed E-state index contributed by atoms with van der Waals surface area (Å²) in [5.74, 6) is -0.177. The Balaban J connectivity index is 1.19. The van der Waals surface area contributed by atoms with Crippen molar-refractivity contribution in [3.63, 3.8) is 0 Å². The Morgan fingerprint density at radius 3 is 2.68 bits per heavy atom. The molecule has 0 radical (unpaired) electrons. The highest BCUT2D eigenvalue weighted by Crippen LogP contribution is 2.37. The van der Waals surface area contributed by atoms with Gasteiger partial charge < -0.3 is 10.6 Å². The first kappa shape index (κ1) is 25.0. The fourth-order valence-electron chi connectivity index (χ4n) is 4.71. The second-order valence-corrected chi connectivity index (χ2v) is 11.3. The molecule has 9 heteroatoms. The van der Waals surface area contributed by atoms with Gasteiger partial charge in [0.1, 0.15) is 0 Å². The highest BCUT2D eigenvalue weighted by atomic mass is 35.5. The first-order valence-corrected chi connectivity index (χ1v) is 13.9. The van der Waals surface area contributed by atoms with Crippen LogP contribution in [0.25, 0.3) is 10.9 Å². The molecule has 37 heavy (non-hydrogen) atoms. The van der Waals surface area contributed by atoms with E-state index in [2.05, 4.69) is 15.6 Å². The van der Waals surface area contributed by atoms with E-state index in [1.165, 1.54) is 4.31 Å². The van der Waals surface area contributed by atoms with Gasteiger partial charge in [-0.3, -0.25) is 14.1 Å². The van der Waals surface area contributed by atoms with E-state index in [9.17, 15) is 13.2 Å². The van der Waals surface area contributed by atoms with Crippen molar-refractivity contribution in [3.8, 4) is 0 Å². The smallest absolute Gasteiger partial charge is 0.264 e. The van der Waals surface area contributed by atoms with E-state index < -0.39 is 10.0 Å². The third-order valence-corrected chi connectivity index (χ3v) is 8.63. The molecule has 0 bridgehead atoms. The van der Waals surface area contributed by atoms with Crippen LogP contribution in [0, 0.1) is 0 Å². The lowest BCUT2D eigenvalue weighted by Gasteiger charge is -2.24. The summed E-state index contributed by atoms with van der Waals surface area (Å²) in [5, 5.41) is 7.99. The van der Waals surface area contributed by atoms with Crippen molar-refractivity contribution in [2.45, 2.75) is 30.7 Å². The van der Waals surface area contributed by atoms with Crippen LogP contribution in [-0.4, -0.2) is 38.4 Å². The number of hydrogen-bond donors (Lipinski definition) is 2. The maximum Gasteiger partial charge on any atom is 0.264 e. The maximum absolute atomic E-state index is 13.3. The van der Waals surface area contributed by atoms with Gasteiger partial charge in [0.25, 0.3) is 15.9 Å². The van der Waals surface area contributed by atoms with E-state index in [1.807, 2.05) is 31.2 Å². The number of nitrogens with one attached hydrogen (secondary N) is 2. The zero-order valence-corrected chi connectivity index (χ0v) is 21.9. The topological polar surface area (TPSA) is 91.4 Å². The van der Waals surface area contributed by atoms with Crippen molar-refractivity contribution in [1.82, 2.24) is 10.3 Å². The quantitative estimate of drug-likeness (QED) is 0.301. The lowest BCUT2D eigenvalue weighted by atomic mass is 10.1. The second kappa shape index (κ2) is 10.4. The number of benzene rings is 3. The van der Waals surface area contributed by atoms with Gasteiger partial charge in [0, 0.05) is 47.0 Å². The van der Waals surface area contributed by atoms with E-state index >= 15 is 0 Å². The normalized spacial score (nSPS) is 15.0. The van der Waals surface area contributed by atoms with Gasteiger partial charge in [0.05, 0.1) is 16.1 Å². The first-order chi connectivity index (χ1) is 17.8. The number of nitrogens with zero attached hydrogens (tertiary/aromatic N) is 2. The van der Waals surface area contributed by atoms with Gasteiger partial charge in [-0.1, -0.05) is 29.8 Å². The Kier molecular flexibility index (Phi) is 7.04. The molecule has 5 rings (SSSR count). The summed E-state index contributed by atoms with van der Waals surface area (Å²) < 4.78 is 28.0. The standard InChI is InChI=1S/C28H27ClN4O3S/c1-19-16-21-17-20(8-11-27(21)33(19)37(35,36)23-6-3-2-4-7-23)28(34)32-14-5-13-30-25-12-15-31-26-18-22(29)9-10-24(25)26/h2-4,6-12,15,17-19H,5,13-14,16H2,1H3,(H,30,31)(H,32,34). The third kappa shape index (κ3) is 5.12. The molecular formula is C28H27ClN4O3S. The number of rotatable bonds is 8. The molecular weight excluding hydrogens is 508 g/mol. The van der Waals surface area contributed by atoms with Gasteiger partial charge in [-0.15, -0.1) is 0 Å². The molecule has 4 aromatic rings. The molecule has 7 nitrogen and oxygen atoms in total. The van der Waals surface area contributed by atoms with Gasteiger partial charge >= 0.3 is 0 Å². The predicted molar refractivity (Wildman–Crippen MR) is 148 cm³/mol. The molecule has 0 aliphatic carbocycles. The van der Waals surface area contributed by atoms with Crippen LogP contribution in [0.5, 0.6) is 0 Å². The van der Waals surface area contributed by atoms with Crippen LogP contribution in [-0.2, 0) is 16.4 Å². The van der Waals surface area contributed by atoms with Crippen molar-refractivity contribution in [3.05, 3.63) is 95.1 Å². The number of hydrogen-bond acceptors (Lipinski definition) is 5. The van der Waals surface area contributed by atoms with E-state index in [1.54, 1.807) is 54.7 Å². The van der Waals surface area contributed by atoms with Crippen LogP contribution in [0.4, 0.5) is 11.4 Å². The first-order valence-electron chi connectivity index (χ1n) is 12.1. The van der Waals surface area contributed by atoms with Gasteiger partial charge in [-0.25, -0.2) is 8.42 Å². The van der Waals surface area contributed by atoms with Crippen LogP contribution >= 0.6 is 11.6 Å². The Morgan fingerprint density at radius 1 is 1.05 bits per heavy atom. The lowest BCUT2D eigenvalue weighted by molar-refractivity contribution is 0.0953. The zero-order chi connectivity index (χ0) is 26.0. The molecule has 0 fully saturated rings. The van der Waals surface area contributed by atoms with Crippen molar-refractivity contribution in [1.29, 1.82) is 0 Å². The molecule has 1 aromatic heterocycles. The molecule has 1 amide bonds. The highest BCUT2D eigenvalue weighted by molar-refractivity contribution is 7.92. The average molecular weight is 535 g/mol. The van der Waals surface area contributed by atoms with E-state index in [-0.39, 0.29) is 16.8 Å². The minimum atomic E-state index is -3.68. The molecule has 3 aromatic carbocycles. The average Bonchev–Trinajstić information content (AvgIpc) is 3.24. The van der Waals surface area contributed by atoms with E-state index in [0.29, 0.717) is 35.8 Å². The number of amides is 1. The van der Waals surface area contributed by atoms with Gasteiger partial charge in [0.15, 0.2) is 0 Å². The van der Waals surface area contributed by atoms with Crippen molar-refractivity contribution < 1.29 is 13.2 Å². The number of carbonyl (C=O) groups excluding carboxylic acids is 1. The number of carbonyl (C=O) groups is 1. The fraction of sp³-hybridized carbons (Fsp3) is 0.214. The van der Waals surface area contributed by atoms with E-state index in [0.717, 1.165) is 28.6 Å². The second-order valence-electron chi connectivity index (χ2n) is 9.07. The monoisotopic (exact) mass is 534 g/mol. The van der Waals surface area contributed by atoms with Crippen LogP contribution in [0.2, 0.25) is 5.02 Å². The van der Waals surface area contributed by atoms with Crippen LogP contribution in [0.15, 0.2) is 83.9 Å².